The molecule has 0 amide bonds. The van der Waals surface area contributed by atoms with Crippen LogP contribution in [0.5, 0.6) is 0 Å². The molecule has 1 aromatic rings. The second-order valence-electron chi connectivity index (χ2n) is 5.34. The lowest BCUT2D eigenvalue weighted by molar-refractivity contribution is 0.0702. The second kappa shape index (κ2) is 6.03. The summed E-state index contributed by atoms with van der Waals surface area (Å²) in [5.41, 5.74) is 1.53. The normalized spacial score (nSPS) is 16.5. The van der Waals surface area contributed by atoms with Gasteiger partial charge in [0.15, 0.2) is 0 Å². The van der Waals surface area contributed by atoms with E-state index < -0.39 is 5.97 Å². The van der Waals surface area contributed by atoms with Gasteiger partial charge in [0.2, 0.25) is 0 Å². The Morgan fingerprint density at radius 3 is 2.84 bits per heavy atom. The number of carboxylic acids is 1. The summed E-state index contributed by atoms with van der Waals surface area (Å²) in [6, 6.07) is 1.78. The minimum absolute atomic E-state index is 0.426. The maximum absolute atomic E-state index is 10.9. The highest BCUT2D eigenvalue weighted by Gasteiger charge is 2.41. The fraction of sp³-hybridized carbons (Fsp3) is 0.643. The number of hydrogen-bond acceptors (Lipinski definition) is 4. The number of hydrogen-bond donors (Lipinski definition) is 2. The first-order valence-corrected chi connectivity index (χ1v) is 7.40. The van der Waals surface area contributed by atoms with Crippen molar-refractivity contribution >= 4 is 17.3 Å². The van der Waals surface area contributed by atoms with Crippen molar-refractivity contribution in [3.05, 3.63) is 21.4 Å². The molecule has 0 aromatic carbocycles. The average Bonchev–Trinajstić information content (AvgIpc) is 3.04. The van der Waals surface area contributed by atoms with Crippen LogP contribution >= 0.6 is 11.3 Å². The standard InChI is InChI=1S/C14H21NO3S/c1-10-11(7-12(19-10)13(16)17)8-15-9-14(3-4-14)5-6-18-2/h7,15H,3-6,8-9H2,1-2H3,(H,16,17). The van der Waals surface area contributed by atoms with Gasteiger partial charge in [-0.1, -0.05) is 0 Å². The highest BCUT2D eigenvalue weighted by molar-refractivity contribution is 7.14. The lowest BCUT2D eigenvalue weighted by atomic mass is 10.0. The zero-order valence-electron chi connectivity index (χ0n) is 11.5. The monoisotopic (exact) mass is 283 g/mol. The summed E-state index contributed by atoms with van der Waals surface area (Å²) >= 11 is 1.35. The Hall–Kier alpha value is -0.910. The third-order valence-corrected chi connectivity index (χ3v) is 4.92. The van der Waals surface area contributed by atoms with Crippen LogP contribution in [0, 0.1) is 12.3 Å². The second-order valence-corrected chi connectivity index (χ2v) is 6.60. The lowest BCUT2D eigenvalue weighted by Gasteiger charge is -2.15. The van der Waals surface area contributed by atoms with E-state index in [-0.39, 0.29) is 0 Å². The van der Waals surface area contributed by atoms with Gasteiger partial charge in [-0.3, -0.25) is 0 Å². The smallest absolute Gasteiger partial charge is 0.345 e. The molecule has 5 heteroatoms. The molecule has 1 saturated carbocycles. The number of aryl methyl sites for hydroxylation is 1. The third kappa shape index (κ3) is 3.78. The molecule has 4 nitrogen and oxygen atoms in total. The van der Waals surface area contributed by atoms with Crippen molar-refractivity contribution < 1.29 is 14.6 Å². The molecule has 0 saturated heterocycles. The third-order valence-electron chi connectivity index (χ3n) is 3.84. The van der Waals surface area contributed by atoms with Gasteiger partial charge in [0, 0.05) is 31.7 Å². The number of carbonyl (C=O) groups is 1. The molecule has 19 heavy (non-hydrogen) atoms. The van der Waals surface area contributed by atoms with Gasteiger partial charge in [-0.25, -0.2) is 4.79 Å². The summed E-state index contributed by atoms with van der Waals surface area (Å²) in [4.78, 5) is 12.4. The summed E-state index contributed by atoms with van der Waals surface area (Å²) in [5, 5.41) is 12.4. The maximum Gasteiger partial charge on any atom is 0.345 e. The lowest BCUT2D eigenvalue weighted by Crippen LogP contribution is -2.24. The van der Waals surface area contributed by atoms with Gasteiger partial charge in [0.05, 0.1) is 0 Å². The molecule has 1 aliphatic carbocycles. The molecule has 2 N–H and O–H groups in total. The number of aromatic carboxylic acids is 1. The van der Waals surface area contributed by atoms with Crippen LogP contribution in [-0.2, 0) is 11.3 Å². The quantitative estimate of drug-likeness (QED) is 0.770. The van der Waals surface area contributed by atoms with Crippen LogP contribution in [0.4, 0.5) is 0 Å². The van der Waals surface area contributed by atoms with Gasteiger partial charge in [-0.2, -0.15) is 0 Å². The molecule has 0 aliphatic heterocycles. The molecule has 106 valence electrons. The van der Waals surface area contributed by atoms with Crippen molar-refractivity contribution in [2.75, 3.05) is 20.3 Å². The first kappa shape index (κ1) is 14.5. The van der Waals surface area contributed by atoms with Crippen LogP contribution in [0.2, 0.25) is 0 Å². The van der Waals surface area contributed by atoms with Gasteiger partial charge in [-0.15, -0.1) is 11.3 Å². The fourth-order valence-corrected chi connectivity index (χ4v) is 3.15. The first-order chi connectivity index (χ1) is 9.06. The molecule has 1 heterocycles. The molecule has 1 aromatic heterocycles. The number of carboxylic acid groups (broad SMARTS) is 1. The van der Waals surface area contributed by atoms with E-state index in [1.165, 1.54) is 24.2 Å². The zero-order valence-corrected chi connectivity index (χ0v) is 12.3. The van der Waals surface area contributed by atoms with Crippen LogP contribution in [0.1, 0.15) is 39.4 Å². The Kier molecular flexibility index (Phi) is 4.60. The number of ether oxygens (including phenoxy) is 1. The van der Waals surface area contributed by atoms with Crippen molar-refractivity contribution in [2.24, 2.45) is 5.41 Å². The van der Waals surface area contributed by atoms with Gasteiger partial charge < -0.3 is 15.2 Å². The molecule has 2 rings (SSSR count). The molecular formula is C14H21NO3S. The molecule has 0 atom stereocenters. The molecule has 0 bridgehead atoms. The van der Waals surface area contributed by atoms with E-state index in [1.54, 1.807) is 13.2 Å². The van der Waals surface area contributed by atoms with Gasteiger partial charge in [0.1, 0.15) is 4.88 Å². The van der Waals surface area contributed by atoms with E-state index in [1.807, 2.05) is 6.92 Å². The van der Waals surface area contributed by atoms with Crippen molar-refractivity contribution in [3.63, 3.8) is 0 Å². The number of thiophene rings is 1. The first-order valence-electron chi connectivity index (χ1n) is 6.59. The summed E-state index contributed by atoms with van der Waals surface area (Å²) < 4.78 is 5.14. The van der Waals surface area contributed by atoms with Crippen molar-refractivity contribution in [2.45, 2.75) is 32.7 Å². The van der Waals surface area contributed by atoms with E-state index in [0.717, 1.165) is 36.6 Å². The van der Waals surface area contributed by atoms with E-state index in [4.69, 9.17) is 9.84 Å². The Bertz CT molecular complexity index is 452. The number of rotatable bonds is 8. The van der Waals surface area contributed by atoms with Crippen molar-refractivity contribution in [1.82, 2.24) is 5.32 Å². The average molecular weight is 283 g/mol. The molecule has 0 radical (unpaired) electrons. The Morgan fingerprint density at radius 2 is 2.32 bits per heavy atom. The SMILES string of the molecule is COCCC1(CNCc2cc(C(=O)O)sc2C)CC1. The molecule has 1 aliphatic rings. The molecular weight excluding hydrogens is 262 g/mol. The summed E-state index contributed by atoms with van der Waals surface area (Å²) in [7, 11) is 1.74. The van der Waals surface area contributed by atoms with Gasteiger partial charge in [-0.05, 0) is 43.2 Å². The Labute approximate surface area is 117 Å². The summed E-state index contributed by atoms with van der Waals surface area (Å²) in [5.74, 6) is -0.835. The number of methoxy groups -OCH3 is 1. The van der Waals surface area contributed by atoms with E-state index in [2.05, 4.69) is 5.32 Å². The topological polar surface area (TPSA) is 58.6 Å². The van der Waals surface area contributed by atoms with E-state index in [0.29, 0.717) is 10.3 Å². The minimum atomic E-state index is -0.835. The highest BCUT2D eigenvalue weighted by Crippen LogP contribution is 2.48. The zero-order chi connectivity index (χ0) is 13.9. The van der Waals surface area contributed by atoms with E-state index >= 15 is 0 Å². The largest absolute Gasteiger partial charge is 0.477 e. The molecule has 0 unspecified atom stereocenters. The summed E-state index contributed by atoms with van der Waals surface area (Å²) in [6.45, 7) is 4.55. The Balaban J connectivity index is 1.81. The predicted molar refractivity (Wildman–Crippen MR) is 75.9 cm³/mol. The molecule has 1 fully saturated rings. The van der Waals surface area contributed by atoms with Crippen LogP contribution < -0.4 is 5.32 Å². The molecule has 0 spiro atoms. The van der Waals surface area contributed by atoms with E-state index in [9.17, 15) is 4.79 Å². The summed E-state index contributed by atoms with van der Waals surface area (Å²) in [6.07, 6.45) is 3.65. The van der Waals surface area contributed by atoms with Gasteiger partial charge >= 0.3 is 5.97 Å². The fourth-order valence-electron chi connectivity index (χ4n) is 2.27. The van der Waals surface area contributed by atoms with Crippen LogP contribution in [0.25, 0.3) is 0 Å². The highest BCUT2D eigenvalue weighted by atomic mass is 32.1. The Morgan fingerprint density at radius 1 is 1.58 bits per heavy atom. The number of nitrogens with one attached hydrogen (secondary N) is 1. The maximum atomic E-state index is 10.9. The van der Waals surface area contributed by atoms with Crippen molar-refractivity contribution in [1.29, 1.82) is 0 Å². The van der Waals surface area contributed by atoms with Gasteiger partial charge in [0.25, 0.3) is 0 Å². The van der Waals surface area contributed by atoms with Crippen LogP contribution in [0.3, 0.4) is 0 Å². The predicted octanol–water partition coefficient (Wildman–Crippen LogP) is 2.66. The minimum Gasteiger partial charge on any atom is -0.477 e. The van der Waals surface area contributed by atoms with Crippen LogP contribution in [0.15, 0.2) is 6.07 Å². The van der Waals surface area contributed by atoms with Crippen LogP contribution in [-0.4, -0.2) is 31.3 Å². The van der Waals surface area contributed by atoms with Crippen molar-refractivity contribution in [3.8, 4) is 0 Å².